The smallest absolute Gasteiger partial charge is 0.240 e. The fourth-order valence-corrected chi connectivity index (χ4v) is 4.09. The Hall–Kier alpha value is -3.52. The Morgan fingerprint density at radius 1 is 1.03 bits per heavy atom. The van der Waals surface area contributed by atoms with Crippen molar-refractivity contribution in [1.82, 2.24) is 19.7 Å². The summed E-state index contributed by atoms with van der Waals surface area (Å²) in [6.45, 7) is 1.80. The van der Waals surface area contributed by atoms with E-state index in [4.69, 9.17) is 0 Å². The van der Waals surface area contributed by atoms with Gasteiger partial charge in [0.15, 0.2) is 11.0 Å². The standard InChI is InChI=1S/C23H20FN5OS/c1-16(22(30)28(2)18-10-4-3-5-11-18)31-23-27-26-21(17-9-8-14-25-15-17)29(23)20-13-7-6-12-19(20)24/h3-16H,1-2H3. The van der Waals surface area contributed by atoms with Crippen LogP contribution in [0.15, 0.2) is 84.3 Å². The van der Waals surface area contributed by atoms with Crippen molar-refractivity contribution in [1.29, 1.82) is 0 Å². The molecule has 0 aliphatic carbocycles. The lowest BCUT2D eigenvalue weighted by molar-refractivity contribution is -0.117. The highest BCUT2D eigenvalue weighted by molar-refractivity contribution is 8.00. The fraction of sp³-hybridized carbons (Fsp3) is 0.130. The summed E-state index contributed by atoms with van der Waals surface area (Å²) in [5, 5.41) is 8.51. The molecule has 1 unspecified atom stereocenters. The number of hydrogen-bond acceptors (Lipinski definition) is 5. The zero-order chi connectivity index (χ0) is 21.8. The quantitative estimate of drug-likeness (QED) is 0.416. The van der Waals surface area contributed by atoms with Gasteiger partial charge in [0.2, 0.25) is 5.91 Å². The summed E-state index contributed by atoms with van der Waals surface area (Å²) in [5.41, 5.74) is 1.81. The number of aromatic nitrogens is 4. The first kappa shape index (κ1) is 20.7. The number of benzene rings is 2. The maximum absolute atomic E-state index is 14.7. The Morgan fingerprint density at radius 2 is 1.77 bits per heavy atom. The van der Waals surface area contributed by atoms with Crippen molar-refractivity contribution in [3.05, 3.63) is 84.9 Å². The highest BCUT2D eigenvalue weighted by atomic mass is 32.2. The zero-order valence-corrected chi connectivity index (χ0v) is 17.8. The molecule has 0 aliphatic rings. The molecule has 2 heterocycles. The summed E-state index contributed by atoms with van der Waals surface area (Å²) in [5.74, 6) is -0.0475. The largest absolute Gasteiger partial charge is 0.315 e. The van der Waals surface area contributed by atoms with Crippen molar-refractivity contribution in [2.24, 2.45) is 0 Å². The Labute approximate surface area is 183 Å². The first-order valence-corrected chi connectivity index (χ1v) is 10.5. The molecule has 0 spiro atoms. The summed E-state index contributed by atoms with van der Waals surface area (Å²) < 4.78 is 16.3. The molecule has 2 aromatic heterocycles. The van der Waals surface area contributed by atoms with Crippen molar-refractivity contribution in [2.75, 3.05) is 11.9 Å². The van der Waals surface area contributed by atoms with Gasteiger partial charge in [-0.3, -0.25) is 14.3 Å². The zero-order valence-electron chi connectivity index (χ0n) is 17.0. The van der Waals surface area contributed by atoms with Gasteiger partial charge in [-0.1, -0.05) is 42.1 Å². The third-order valence-corrected chi connectivity index (χ3v) is 5.78. The van der Waals surface area contributed by atoms with Gasteiger partial charge in [-0.25, -0.2) is 4.39 Å². The third-order valence-electron chi connectivity index (χ3n) is 4.75. The molecule has 2 aromatic carbocycles. The van der Waals surface area contributed by atoms with Crippen LogP contribution >= 0.6 is 11.8 Å². The minimum Gasteiger partial charge on any atom is -0.315 e. The Balaban J connectivity index is 1.69. The van der Waals surface area contributed by atoms with Gasteiger partial charge in [-0.05, 0) is 43.3 Å². The van der Waals surface area contributed by atoms with E-state index in [1.807, 2.05) is 36.4 Å². The first-order chi connectivity index (χ1) is 15.1. The number of pyridine rings is 1. The highest BCUT2D eigenvalue weighted by Gasteiger charge is 2.25. The van der Waals surface area contributed by atoms with Crippen LogP contribution in [-0.2, 0) is 4.79 Å². The molecule has 8 heteroatoms. The second kappa shape index (κ2) is 9.09. The number of carbonyl (C=O) groups excluding carboxylic acids is 1. The molecule has 1 amide bonds. The topological polar surface area (TPSA) is 63.9 Å². The van der Waals surface area contributed by atoms with E-state index in [-0.39, 0.29) is 5.91 Å². The number of nitrogens with zero attached hydrogens (tertiary/aromatic N) is 5. The van der Waals surface area contributed by atoms with Crippen LogP contribution in [0.5, 0.6) is 0 Å². The summed E-state index contributed by atoms with van der Waals surface area (Å²) in [6, 6.07) is 19.4. The molecule has 156 valence electrons. The summed E-state index contributed by atoms with van der Waals surface area (Å²) in [4.78, 5) is 18.7. The van der Waals surface area contributed by atoms with E-state index in [9.17, 15) is 9.18 Å². The van der Waals surface area contributed by atoms with Gasteiger partial charge in [0.1, 0.15) is 5.82 Å². The summed E-state index contributed by atoms with van der Waals surface area (Å²) >= 11 is 1.23. The molecule has 0 bridgehead atoms. The lowest BCUT2D eigenvalue weighted by Crippen LogP contribution is -2.33. The summed E-state index contributed by atoms with van der Waals surface area (Å²) in [7, 11) is 1.73. The van der Waals surface area contributed by atoms with Crippen molar-refractivity contribution in [3.63, 3.8) is 0 Å². The predicted octanol–water partition coefficient (Wildman–Crippen LogP) is 4.61. The number of anilines is 1. The minimum absolute atomic E-state index is 0.0952. The number of amides is 1. The number of rotatable bonds is 6. The fourth-order valence-electron chi connectivity index (χ4n) is 3.14. The minimum atomic E-state index is -0.471. The van der Waals surface area contributed by atoms with Crippen molar-refractivity contribution < 1.29 is 9.18 Å². The molecule has 0 saturated carbocycles. The number of carbonyl (C=O) groups is 1. The van der Waals surface area contributed by atoms with Crippen LogP contribution in [0.25, 0.3) is 17.1 Å². The maximum atomic E-state index is 14.7. The van der Waals surface area contributed by atoms with Gasteiger partial charge in [0.05, 0.1) is 10.9 Å². The van der Waals surface area contributed by atoms with E-state index in [1.54, 1.807) is 60.1 Å². The van der Waals surface area contributed by atoms with E-state index in [0.29, 0.717) is 22.2 Å². The second-order valence-electron chi connectivity index (χ2n) is 6.83. The molecule has 0 aliphatic heterocycles. The van der Waals surface area contributed by atoms with Crippen LogP contribution in [0.1, 0.15) is 6.92 Å². The molecule has 4 rings (SSSR count). The van der Waals surface area contributed by atoms with Crippen molar-refractivity contribution >= 4 is 23.4 Å². The number of hydrogen-bond donors (Lipinski definition) is 0. The van der Waals surface area contributed by atoms with Gasteiger partial charge in [0, 0.05) is 30.7 Å². The molecule has 0 fully saturated rings. The average Bonchev–Trinajstić information content (AvgIpc) is 3.22. The Kier molecular flexibility index (Phi) is 6.08. The van der Waals surface area contributed by atoms with Crippen LogP contribution in [0, 0.1) is 5.82 Å². The maximum Gasteiger partial charge on any atom is 0.240 e. The van der Waals surface area contributed by atoms with Crippen LogP contribution in [0.3, 0.4) is 0 Å². The number of thioether (sulfide) groups is 1. The van der Waals surface area contributed by atoms with Gasteiger partial charge >= 0.3 is 0 Å². The van der Waals surface area contributed by atoms with E-state index in [1.165, 1.54) is 17.8 Å². The second-order valence-corrected chi connectivity index (χ2v) is 8.14. The highest BCUT2D eigenvalue weighted by Crippen LogP contribution is 2.31. The SMILES string of the molecule is CC(Sc1nnc(-c2cccnc2)n1-c1ccccc1F)C(=O)N(C)c1ccccc1. The molecule has 1 atom stereocenters. The lowest BCUT2D eigenvalue weighted by atomic mass is 10.2. The van der Waals surface area contributed by atoms with E-state index in [0.717, 1.165) is 5.69 Å². The van der Waals surface area contributed by atoms with Crippen LogP contribution in [0.4, 0.5) is 10.1 Å². The average molecular weight is 434 g/mol. The molecule has 0 saturated heterocycles. The monoisotopic (exact) mass is 433 g/mol. The third kappa shape index (κ3) is 4.34. The molecular formula is C23H20FN5OS. The molecule has 0 N–H and O–H groups in total. The van der Waals surface area contributed by atoms with Crippen LogP contribution in [-0.4, -0.2) is 38.0 Å². The Morgan fingerprint density at radius 3 is 2.48 bits per heavy atom. The number of para-hydroxylation sites is 2. The van der Waals surface area contributed by atoms with E-state index < -0.39 is 11.1 Å². The normalized spacial score (nSPS) is 11.8. The number of halogens is 1. The van der Waals surface area contributed by atoms with Gasteiger partial charge < -0.3 is 4.90 Å². The van der Waals surface area contributed by atoms with E-state index in [2.05, 4.69) is 15.2 Å². The molecule has 0 radical (unpaired) electrons. The van der Waals surface area contributed by atoms with Crippen molar-refractivity contribution in [2.45, 2.75) is 17.3 Å². The molecule has 4 aromatic rings. The molecular weight excluding hydrogens is 413 g/mol. The van der Waals surface area contributed by atoms with Crippen LogP contribution < -0.4 is 4.90 Å². The van der Waals surface area contributed by atoms with Gasteiger partial charge in [0.25, 0.3) is 0 Å². The lowest BCUT2D eigenvalue weighted by Gasteiger charge is -2.21. The van der Waals surface area contributed by atoms with Crippen molar-refractivity contribution in [3.8, 4) is 17.1 Å². The first-order valence-electron chi connectivity index (χ1n) is 9.66. The summed E-state index contributed by atoms with van der Waals surface area (Å²) in [6.07, 6.45) is 3.30. The van der Waals surface area contributed by atoms with Gasteiger partial charge in [-0.2, -0.15) is 0 Å². The Bertz CT molecular complexity index is 1180. The predicted molar refractivity (Wildman–Crippen MR) is 120 cm³/mol. The molecule has 31 heavy (non-hydrogen) atoms. The van der Waals surface area contributed by atoms with E-state index >= 15 is 0 Å². The molecule has 6 nitrogen and oxygen atoms in total. The van der Waals surface area contributed by atoms with Gasteiger partial charge in [-0.15, -0.1) is 10.2 Å². The van der Waals surface area contributed by atoms with Crippen LogP contribution in [0.2, 0.25) is 0 Å².